The molecule has 0 bridgehead atoms. The van der Waals surface area contributed by atoms with E-state index in [0.717, 1.165) is 31.6 Å². The summed E-state index contributed by atoms with van der Waals surface area (Å²) in [6, 6.07) is 1.64. The first-order valence-corrected chi connectivity index (χ1v) is 7.14. The van der Waals surface area contributed by atoms with Crippen molar-refractivity contribution in [1.82, 2.24) is 15.2 Å². The maximum atomic E-state index is 11.9. The van der Waals surface area contributed by atoms with Gasteiger partial charge in [-0.2, -0.15) is 0 Å². The molecule has 2 heterocycles. The molecule has 2 rings (SSSR count). The van der Waals surface area contributed by atoms with E-state index in [-0.39, 0.29) is 11.8 Å². The van der Waals surface area contributed by atoms with E-state index in [1.54, 1.807) is 6.07 Å². The maximum Gasteiger partial charge on any atom is 0.254 e. The number of aromatic nitrogens is 1. The van der Waals surface area contributed by atoms with Gasteiger partial charge in [-0.3, -0.25) is 14.6 Å². The van der Waals surface area contributed by atoms with Crippen LogP contribution in [0.4, 0.5) is 0 Å². The molecule has 1 saturated heterocycles. The molecule has 1 aliphatic heterocycles. The van der Waals surface area contributed by atoms with Gasteiger partial charge < -0.3 is 10.2 Å². The van der Waals surface area contributed by atoms with Gasteiger partial charge in [0.05, 0.1) is 10.6 Å². The third-order valence-corrected chi connectivity index (χ3v) is 3.63. The standard InChI is InChI=1S/C14H18ClN3O2/c1-10-8-12(15)11(9-17-10)14(20)16-5-4-13(19)18-6-2-3-7-18/h8-9H,2-7H2,1H3,(H,16,20). The van der Waals surface area contributed by atoms with Crippen molar-refractivity contribution in [2.24, 2.45) is 0 Å². The molecule has 1 N–H and O–H groups in total. The normalized spacial score (nSPS) is 14.4. The molecule has 6 heteroatoms. The van der Waals surface area contributed by atoms with Crippen molar-refractivity contribution >= 4 is 23.4 Å². The molecule has 0 unspecified atom stereocenters. The lowest BCUT2D eigenvalue weighted by atomic mass is 10.2. The van der Waals surface area contributed by atoms with Crippen LogP contribution in [0.5, 0.6) is 0 Å². The number of aryl methyl sites for hydroxylation is 1. The van der Waals surface area contributed by atoms with Crippen LogP contribution in [0, 0.1) is 6.92 Å². The van der Waals surface area contributed by atoms with Gasteiger partial charge >= 0.3 is 0 Å². The molecule has 2 amide bonds. The van der Waals surface area contributed by atoms with Gasteiger partial charge in [-0.05, 0) is 25.8 Å². The maximum absolute atomic E-state index is 11.9. The highest BCUT2D eigenvalue weighted by Crippen LogP contribution is 2.15. The second-order valence-electron chi connectivity index (χ2n) is 4.90. The van der Waals surface area contributed by atoms with E-state index in [2.05, 4.69) is 10.3 Å². The molecule has 108 valence electrons. The minimum absolute atomic E-state index is 0.0935. The predicted molar refractivity (Wildman–Crippen MR) is 76.7 cm³/mol. The summed E-state index contributed by atoms with van der Waals surface area (Å²) < 4.78 is 0. The molecule has 1 aromatic heterocycles. The third-order valence-electron chi connectivity index (χ3n) is 3.32. The van der Waals surface area contributed by atoms with Gasteiger partial charge in [0, 0.05) is 37.9 Å². The highest BCUT2D eigenvalue weighted by Gasteiger charge is 2.18. The van der Waals surface area contributed by atoms with E-state index < -0.39 is 0 Å². The molecule has 0 aliphatic carbocycles. The van der Waals surface area contributed by atoms with Gasteiger partial charge in [-0.25, -0.2) is 0 Å². The summed E-state index contributed by atoms with van der Waals surface area (Å²) in [5.41, 5.74) is 1.10. The number of carbonyl (C=O) groups is 2. The Hall–Kier alpha value is -1.62. The molecule has 20 heavy (non-hydrogen) atoms. The number of rotatable bonds is 4. The van der Waals surface area contributed by atoms with Gasteiger partial charge in [-0.15, -0.1) is 0 Å². The quantitative estimate of drug-likeness (QED) is 0.921. The lowest BCUT2D eigenvalue weighted by Crippen LogP contribution is -2.32. The molecule has 1 aliphatic rings. The van der Waals surface area contributed by atoms with Crippen LogP contribution in [0.25, 0.3) is 0 Å². The number of halogens is 1. The zero-order valence-electron chi connectivity index (χ0n) is 11.5. The van der Waals surface area contributed by atoms with E-state index in [9.17, 15) is 9.59 Å². The van der Waals surface area contributed by atoms with Gasteiger partial charge in [0.25, 0.3) is 5.91 Å². The second-order valence-corrected chi connectivity index (χ2v) is 5.31. The first-order chi connectivity index (χ1) is 9.58. The number of amides is 2. The first kappa shape index (κ1) is 14.8. The summed E-state index contributed by atoms with van der Waals surface area (Å²) in [6.45, 7) is 3.79. The lowest BCUT2D eigenvalue weighted by Gasteiger charge is -2.15. The summed E-state index contributed by atoms with van der Waals surface area (Å²) >= 11 is 5.99. The fourth-order valence-electron chi connectivity index (χ4n) is 2.20. The number of pyridine rings is 1. The zero-order valence-corrected chi connectivity index (χ0v) is 12.2. The summed E-state index contributed by atoms with van der Waals surface area (Å²) in [6.07, 6.45) is 3.92. The highest BCUT2D eigenvalue weighted by molar-refractivity contribution is 6.33. The minimum Gasteiger partial charge on any atom is -0.351 e. The van der Waals surface area contributed by atoms with E-state index in [1.165, 1.54) is 6.20 Å². The van der Waals surface area contributed by atoms with Crippen LogP contribution >= 0.6 is 11.6 Å². The summed E-state index contributed by atoms with van der Waals surface area (Å²) in [5, 5.41) is 3.08. The largest absolute Gasteiger partial charge is 0.351 e. The van der Waals surface area contributed by atoms with Crippen molar-refractivity contribution in [3.05, 3.63) is 28.5 Å². The van der Waals surface area contributed by atoms with Crippen LogP contribution in [0.15, 0.2) is 12.3 Å². The van der Waals surface area contributed by atoms with Gasteiger partial charge in [0.1, 0.15) is 0 Å². The first-order valence-electron chi connectivity index (χ1n) is 6.76. The molecule has 0 spiro atoms. The Morgan fingerprint density at radius 3 is 2.75 bits per heavy atom. The van der Waals surface area contributed by atoms with Crippen molar-refractivity contribution < 1.29 is 9.59 Å². The Balaban J connectivity index is 1.81. The van der Waals surface area contributed by atoms with Crippen LogP contribution in [-0.4, -0.2) is 41.3 Å². The SMILES string of the molecule is Cc1cc(Cl)c(C(=O)NCCC(=O)N2CCCC2)cn1. The van der Waals surface area contributed by atoms with Crippen LogP contribution in [0.1, 0.15) is 35.3 Å². The number of likely N-dealkylation sites (tertiary alicyclic amines) is 1. The smallest absolute Gasteiger partial charge is 0.254 e. The number of hydrogen-bond acceptors (Lipinski definition) is 3. The summed E-state index contributed by atoms with van der Waals surface area (Å²) in [4.78, 5) is 29.6. The Labute approximate surface area is 123 Å². The molecule has 0 radical (unpaired) electrons. The van der Waals surface area contributed by atoms with Gasteiger partial charge in [0.15, 0.2) is 0 Å². The molecule has 0 saturated carbocycles. The summed E-state index contributed by atoms with van der Waals surface area (Å²) in [5.74, 6) is -0.201. The predicted octanol–water partition coefficient (Wildman–Crippen LogP) is 1.79. The molecular weight excluding hydrogens is 278 g/mol. The third kappa shape index (κ3) is 3.70. The van der Waals surface area contributed by atoms with Crippen molar-refractivity contribution in [2.45, 2.75) is 26.2 Å². The van der Waals surface area contributed by atoms with Crippen molar-refractivity contribution in [3.8, 4) is 0 Å². The average molecular weight is 296 g/mol. The van der Waals surface area contributed by atoms with Crippen molar-refractivity contribution in [3.63, 3.8) is 0 Å². The zero-order chi connectivity index (χ0) is 14.5. The van der Waals surface area contributed by atoms with Crippen LogP contribution in [0.2, 0.25) is 5.02 Å². The van der Waals surface area contributed by atoms with Crippen LogP contribution in [-0.2, 0) is 4.79 Å². The molecule has 1 fully saturated rings. The Bertz CT molecular complexity index is 513. The summed E-state index contributed by atoms with van der Waals surface area (Å²) in [7, 11) is 0. The van der Waals surface area contributed by atoms with E-state index >= 15 is 0 Å². The fourth-order valence-corrected chi connectivity index (χ4v) is 2.49. The average Bonchev–Trinajstić information content (AvgIpc) is 2.92. The second kappa shape index (κ2) is 6.70. The number of nitrogens with zero attached hydrogens (tertiary/aromatic N) is 2. The topological polar surface area (TPSA) is 62.3 Å². The Morgan fingerprint density at radius 1 is 1.40 bits per heavy atom. The number of hydrogen-bond donors (Lipinski definition) is 1. The van der Waals surface area contributed by atoms with E-state index in [4.69, 9.17) is 11.6 Å². The van der Waals surface area contributed by atoms with Crippen LogP contribution in [0.3, 0.4) is 0 Å². The van der Waals surface area contributed by atoms with Crippen molar-refractivity contribution in [1.29, 1.82) is 0 Å². The van der Waals surface area contributed by atoms with Gasteiger partial charge in [-0.1, -0.05) is 11.6 Å². The highest BCUT2D eigenvalue weighted by atomic mass is 35.5. The number of nitrogens with one attached hydrogen (secondary N) is 1. The van der Waals surface area contributed by atoms with E-state index in [1.807, 2.05) is 11.8 Å². The van der Waals surface area contributed by atoms with Gasteiger partial charge in [0.2, 0.25) is 5.91 Å². The number of carbonyl (C=O) groups excluding carboxylic acids is 2. The Kier molecular flexibility index (Phi) is 4.95. The Morgan fingerprint density at radius 2 is 2.10 bits per heavy atom. The monoisotopic (exact) mass is 295 g/mol. The molecule has 1 aromatic rings. The molecule has 0 aromatic carbocycles. The lowest BCUT2D eigenvalue weighted by molar-refractivity contribution is -0.129. The molecule has 5 nitrogen and oxygen atoms in total. The minimum atomic E-state index is -0.295. The molecule has 0 atom stereocenters. The van der Waals surface area contributed by atoms with Crippen molar-refractivity contribution in [2.75, 3.05) is 19.6 Å². The molecular formula is C14H18ClN3O2. The van der Waals surface area contributed by atoms with E-state index in [0.29, 0.717) is 23.6 Å². The fraction of sp³-hybridized carbons (Fsp3) is 0.500. The van der Waals surface area contributed by atoms with Crippen LogP contribution < -0.4 is 5.32 Å².